The van der Waals surface area contributed by atoms with Gasteiger partial charge in [-0.05, 0) is 50.2 Å². The van der Waals surface area contributed by atoms with E-state index in [0.717, 1.165) is 21.3 Å². The lowest BCUT2D eigenvalue weighted by Gasteiger charge is -2.39. The number of aromatic nitrogens is 2. The van der Waals surface area contributed by atoms with E-state index in [1.165, 1.54) is 0 Å². The Morgan fingerprint density at radius 2 is 2.04 bits per heavy atom. The Morgan fingerprint density at radius 1 is 1.16 bits per heavy atom. The lowest BCUT2D eigenvalue weighted by Crippen LogP contribution is -2.45. The average molecular weight is 367 g/mol. The van der Waals surface area contributed by atoms with E-state index in [4.69, 9.17) is 0 Å². The molecule has 4 heterocycles. The van der Waals surface area contributed by atoms with Crippen molar-refractivity contribution in [1.29, 1.82) is 0 Å². The average Bonchev–Trinajstić information content (AvgIpc) is 3.27. The number of rotatable bonds is 1. The number of fused-ring (bicyclic) bond motifs is 1. The Kier molecular flexibility index (Phi) is 4.06. The van der Waals surface area contributed by atoms with Crippen LogP contribution < -0.4 is 0 Å². The minimum atomic E-state index is 0.00966. The molecule has 1 unspecified atom stereocenters. The topological polar surface area (TPSA) is 32.3 Å². The van der Waals surface area contributed by atoms with Gasteiger partial charge in [0.2, 0.25) is 0 Å². The Labute approximate surface area is 156 Å². The number of hydrogen-bond donors (Lipinski definition) is 0. The Bertz CT molecular complexity index is 897. The molecule has 0 saturated carbocycles. The molecular formula is C19H18N4S2. The van der Waals surface area contributed by atoms with Crippen molar-refractivity contribution in [2.45, 2.75) is 31.8 Å². The standard InChI is InChI=1S/C19H18N4S2/c1-19(2,3)23-16(13-22-10-11-24-18(22)23)17-21-12-15(25-17)8-7-14-6-4-5-9-20-14/h4-6,9-13,18H,1-3H3. The maximum absolute atomic E-state index is 4.63. The normalized spacial score (nSPS) is 18.8. The van der Waals surface area contributed by atoms with Crippen LogP contribution in [0.5, 0.6) is 0 Å². The molecule has 0 amide bonds. The van der Waals surface area contributed by atoms with Crippen LogP contribution in [0.4, 0.5) is 0 Å². The number of thioether (sulfide) groups is 1. The first kappa shape index (κ1) is 16.2. The first-order valence-electron chi connectivity index (χ1n) is 8.02. The van der Waals surface area contributed by atoms with Crippen LogP contribution in [0.15, 0.2) is 48.4 Å². The lowest BCUT2D eigenvalue weighted by molar-refractivity contribution is 0.173. The quantitative estimate of drug-likeness (QED) is 0.708. The molecule has 0 bridgehead atoms. The van der Waals surface area contributed by atoms with Crippen molar-refractivity contribution in [3.63, 3.8) is 0 Å². The lowest BCUT2D eigenvalue weighted by atomic mass is 10.1. The number of nitrogens with zero attached hydrogens (tertiary/aromatic N) is 4. The van der Waals surface area contributed by atoms with E-state index < -0.39 is 0 Å². The third-order valence-electron chi connectivity index (χ3n) is 3.87. The number of thiazole rings is 1. The predicted octanol–water partition coefficient (Wildman–Crippen LogP) is 4.15. The molecule has 4 rings (SSSR count). The summed E-state index contributed by atoms with van der Waals surface area (Å²) in [6, 6.07) is 5.74. The summed E-state index contributed by atoms with van der Waals surface area (Å²) in [6.07, 6.45) is 7.91. The predicted molar refractivity (Wildman–Crippen MR) is 104 cm³/mol. The summed E-state index contributed by atoms with van der Waals surface area (Å²) in [5, 5.41) is 3.14. The van der Waals surface area contributed by atoms with E-state index in [-0.39, 0.29) is 11.0 Å². The van der Waals surface area contributed by atoms with Crippen LogP contribution in [-0.2, 0) is 0 Å². The van der Waals surface area contributed by atoms with Crippen molar-refractivity contribution in [2.75, 3.05) is 0 Å². The second-order valence-corrected chi connectivity index (χ2v) is 8.74. The molecule has 2 aromatic rings. The molecule has 25 heavy (non-hydrogen) atoms. The molecule has 0 radical (unpaired) electrons. The molecule has 0 aromatic carbocycles. The van der Waals surface area contributed by atoms with Crippen molar-refractivity contribution in [2.24, 2.45) is 0 Å². The fraction of sp³-hybridized carbons (Fsp3) is 0.263. The fourth-order valence-corrected chi connectivity index (χ4v) is 4.76. The fourth-order valence-electron chi connectivity index (χ4n) is 2.81. The van der Waals surface area contributed by atoms with E-state index in [1.807, 2.05) is 36.2 Å². The van der Waals surface area contributed by atoms with E-state index in [2.05, 4.69) is 70.2 Å². The van der Waals surface area contributed by atoms with E-state index in [0.29, 0.717) is 0 Å². The van der Waals surface area contributed by atoms with Gasteiger partial charge in [0.15, 0.2) is 5.50 Å². The molecule has 0 fully saturated rings. The summed E-state index contributed by atoms with van der Waals surface area (Å²) in [5.41, 5.74) is 2.22. The molecule has 0 aliphatic carbocycles. The Balaban J connectivity index is 1.63. The van der Waals surface area contributed by atoms with Crippen molar-refractivity contribution >= 4 is 28.8 Å². The van der Waals surface area contributed by atoms with Gasteiger partial charge in [0, 0.05) is 24.1 Å². The van der Waals surface area contributed by atoms with Crippen LogP contribution in [0, 0.1) is 11.8 Å². The Morgan fingerprint density at radius 3 is 2.80 bits per heavy atom. The summed E-state index contributed by atoms with van der Waals surface area (Å²) in [6.45, 7) is 6.70. The molecule has 4 nitrogen and oxygen atoms in total. The van der Waals surface area contributed by atoms with Crippen LogP contribution in [0.1, 0.15) is 36.3 Å². The van der Waals surface area contributed by atoms with E-state index in [9.17, 15) is 0 Å². The minimum absolute atomic E-state index is 0.00966. The van der Waals surface area contributed by atoms with Crippen molar-refractivity contribution in [3.8, 4) is 11.8 Å². The van der Waals surface area contributed by atoms with Crippen LogP contribution in [-0.4, -0.2) is 30.8 Å². The highest BCUT2D eigenvalue weighted by Gasteiger charge is 2.41. The second kappa shape index (κ2) is 6.25. The molecule has 126 valence electrons. The molecule has 2 aromatic heterocycles. The second-order valence-electron chi connectivity index (χ2n) is 6.74. The van der Waals surface area contributed by atoms with Gasteiger partial charge in [-0.2, -0.15) is 0 Å². The van der Waals surface area contributed by atoms with Gasteiger partial charge in [0.1, 0.15) is 10.7 Å². The van der Waals surface area contributed by atoms with Crippen molar-refractivity contribution in [3.05, 3.63) is 64.0 Å². The summed E-state index contributed by atoms with van der Waals surface area (Å²) in [7, 11) is 0. The molecule has 2 aliphatic heterocycles. The monoisotopic (exact) mass is 366 g/mol. The van der Waals surface area contributed by atoms with Gasteiger partial charge in [0.25, 0.3) is 0 Å². The summed E-state index contributed by atoms with van der Waals surface area (Å²) in [5.74, 6) is 6.27. The van der Waals surface area contributed by atoms with Gasteiger partial charge in [0.05, 0.1) is 16.8 Å². The molecular weight excluding hydrogens is 348 g/mol. The van der Waals surface area contributed by atoms with E-state index >= 15 is 0 Å². The zero-order chi connectivity index (χ0) is 17.4. The van der Waals surface area contributed by atoms with Crippen LogP contribution in [0.2, 0.25) is 0 Å². The van der Waals surface area contributed by atoms with Crippen molar-refractivity contribution in [1.82, 2.24) is 19.8 Å². The van der Waals surface area contributed by atoms with Gasteiger partial charge < -0.3 is 9.80 Å². The maximum Gasteiger partial charge on any atom is 0.158 e. The highest BCUT2D eigenvalue weighted by molar-refractivity contribution is 8.02. The molecule has 0 saturated heterocycles. The highest BCUT2D eigenvalue weighted by atomic mass is 32.2. The molecule has 2 aliphatic rings. The van der Waals surface area contributed by atoms with Crippen LogP contribution in [0.3, 0.4) is 0 Å². The third kappa shape index (κ3) is 3.17. The highest BCUT2D eigenvalue weighted by Crippen LogP contribution is 2.44. The van der Waals surface area contributed by atoms with Gasteiger partial charge in [-0.1, -0.05) is 17.8 Å². The summed E-state index contributed by atoms with van der Waals surface area (Å²) >= 11 is 3.45. The molecule has 0 N–H and O–H groups in total. The zero-order valence-corrected chi connectivity index (χ0v) is 15.9. The van der Waals surface area contributed by atoms with Gasteiger partial charge >= 0.3 is 0 Å². The van der Waals surface area contributed by atoms with Crippen LogP contribution in [0.25, 0.3) is 5.70 Å². The first-order valence-corrected chi connectivity index (χ1v) is 9.78. The smallest absolute Gasteiger partial charge is 0.158 e. The maximum atomic E-state index is 4.63. The molecule has 0 spiro atoms. The summed E-state index contributed by atoms with van der Waals surface area (Å²) in [4.78, 5) is 14.5. The third-order valence-corrected chi connectivity index (χ3v) is 5.78. The number of hydrogen-bond acceptors (Lipinski definition) is 6. The van der Waals surface area contributed by atoms with Crippen molar-refractivity contribution < 1.29 is 0 Å². The SMILES string of the molecule is CC(C)(C)N1C(c2ncc(C#Cc3ccccn3)s2)=CN2C=CSC21. The minimum Gasteiger partial charge on any atom is -0.333 e. The Hall–Kier alpha value is -2.23. The largest absolute Gasteiger partial charge is 0.333 e. The molecule has 1 atom stereocenters. The van der Waals surface area contributed by atoms with Gasteiger partial charge in [-0.3, -0.25) is 0 Å². The van der Waals surface area contributed by atoms with Gasteiger partial charge in [-0.15, -0.1) is 11.3 Å². The first-order chi connectivity index (χ1) is 12.0. The zero-order valence-electron chi connectivity index (χ0n) is 14.3. The number of pyridine rings is 1. The summed E-state index contributed by atoms with van der Waals surface area (Å²) < 4.78 is 0. The van der Waals surface area contributed by atoms with Crippen LogP contribution >= 0.6 is 23.1 Å². The van der Waals surface area contributed by atoms with Gasteiger partial charge in [-0.25, -0.2) is 9.97 Å². The molecule has 6 heteroatoms. The van der Waals surface area contributed by atoms with E-state index in [1.54, 1.807) is 17.5 Å².